The fraction of sp³-hybridized carbons (Fsp3) is 0.250. The SMILES string of the molecule is O=C(Cc1ccc2ccccc2c1)Nc1ncc(-c2ccccc2)nc1C1CCCCC1. The van der Waals surface area contributed by atoms with E-state index in [9.17, 15) is 4.79 Å². The van der Waals surface area contributed by atoms with E-state index in [-0.39, 0.29) is 5.91 Å². The standard InChI is InChI=1S/C28H27N3O/c32-26(18-20-15-16-21-9-7-8-14-24(21)17-20)31-28-27(23-12-5-2-6-13-23)30-25(19-29-28)22-10-3-1-4-11-22/h1,3-4,7-11,14-17,19,23H,2,5-6,12-13,18H2,(H,29,31,32). The lowest BCUT2D eigenvalue weighted by Gasteiger charge is -2.23. The summed E-state index contributed by atoms with van der Waals surface area (Å²) in [6.07, 6.45) is 7.95. The van der Waals surface area contributed by atoms with Crippen molar-refractivity contribution in [2.75, 3.05) is 5.32 Å². The number of amides is 1. The van der Waals surface area contributed by atoms with E-state index in [4.69, 9.17) is 4.98 Å². The molecule has 5 rings (SSSR count). The molecule has 0 unspecified atom stereocenters. The smallest absolute Gasteiger partial charge is 0.229 e. The molecule has 1 aliphatic rings. The minimum Gasteiger partial charge on any atom is -0.309 e. The van der Waals surface area contributed by atoms with Crippen LogP contribution in [0, 0.1) is 0 Å². The Morgan fingerprint density at radius 1 is 0.875 bits per heavy atom. The first-order valence-corrected chi connectivity index (χ1v) is 11.5. The fourth-order valence-electron chi connectivity index (χ4n) is 4.62. The number of hydrogen-bond donors (Lipinski definition) is 1. The second kappa shape index (κ2) is 9.31. The molecule has 3 aromatic carbocycles. The number of carbonyl (C=O) groups is 1. The molecule has 4 aromatic rings. The molecule has 1 aliphatic carbocycles. The van der Waals surface area contributed by atoms with Crippen molar-refractivity contribution in [1.82, 2.24) is 9.97 Å². The molecule has 0 saturated heterocycles. The van der Waals surface area contributed by atoms with Gasteiger partial charge in [-0.05, 0) is 29.2 Å². The van der Waals surface area contributed by atoms with Gasteiger partial charge in [-0.25, -0.2) is 9.97 Å². The zero-order valence-corrected chi connectivity index (χ0v) is 18.1. The Morgan fingerprint density at radius 2 is 1.62 bits per heavy atom. The summed E-state index contributed by atoms with van der Waals surface area (Å²) < 4.78 is 0. The number of nitrogens with one attached hydrogen (secondary N) is 1. The maximum Gasteiger partial charge on any atom is 0.229 e. The first-order valence-electron chi connectivity index (χ1n) is 11.5. The largest absolute Gasteiger partial charge is 0.309 e. The molecule has 0 bridgehead atoms. The first-order chi connectivity index (χ1) is 15.8. The van der Waals surface area contributed by atoms with Crippen LogP contribution in [-0.2, 0) is 11.2 Å². The van der Waals surface area contributed by atoms with Gasteiger partial charge < -0.3 is 5.32 Å². The van der Waals surface area contributed by atoms with Gasteiger partial charge in [-0.15, -0.1) is 0 Å². The first kappa shape index (κ1) is 20.4. The molecule has 0 radical (unpaired) electrons. The van der Waals surface area contributed by atoms with Crippen LogP contribution in [0.2, 0.25) is 0 Å². The Morgan fingerprint density at radius 3 is 2.44 bits per heavy atom. The van der Waals surface area contributed by atoms with Crippen LogP contribution in [-0.4, -0.2) is 15.9 Å². The van der Waals surface area contributed by atoms with Crippen molar-refractivity contribution in [2.24, 2.45) is 0 Å². The Hall–Kier alpha value is -3.53. The summed E-state index contributed by atoms with van der Waals surface area (Å²) in [4.78, 5) is 22.6. The number of aromatic nitrogens is 2. The Labute approximate surface area is 188 Å². The molecule has 1 amide bonds. The molecule has 1 heterocycles. The molecule has 1 aromatic heterocycles. The van der Waals surface area contributed by atoms with Crippen molar-refractivity contribution >= 4 is 22.5 Å². The molecular formula is C28H27N3O. The number of benzene rings is 3. The summed E-state index contributed by atoms with van der Waals surface area (Å²) in [5, 5.41) is 5.40. The predicted molar refractivity (Wildman–Crippen MR) is 130 cm³/mol. The Bertz CT molecular complexity index is 1230. The third-order valence-electron chi connectivity index (χ3n) is 6.30. The monoisotopic (exact) mass is 421 g/mol. The highest BCUT2D eigenvalue weighted by Crippen LogP contribution is 2.35. The zero-order chi connectivity index (χ0) is 21.8. The quantitative estimate of drug-likeness (QED) is 0.399. The minimum atomic E-state index is -0.0564. The van der Waals surface area contributed by atoms with Gasteiger partial charge >= 0.3 is 0 Å². The van der Waals surface area contributed by atoms with Gasteiger partial charge in [-0.3, -0.25) is 4.79 Å². The highest BCUT2D eigenvalue weighted by Gasteiger charge is 2.23. The summed E-state index contributed by atoms with van der Waals surface area (Å²) in [6, 6.07) is 24.5. The highest BCUT2D eigenvalue weighted by atomic mass is 16.1. The van der Waals surface area contributed by atoms with Crippen molar-refractivity contribution in [3.63, 3.8) is 0 Å². The van der Waals surface area contributed by atoms with Crippen molar-refractivity contribution in [1.29, 1.82) is 0 Å². The maximum atomic E-state index is 12.9. The number of nitrogens with zero attached hydrogens (tertiary/aromatic N) is 2. The number of hydrogen-bond acceptors (Lipinski definition) is 3. The molecule has 0 spiro atoms. The highest BCUT2D eigenvalue weighted by molar-refractivity contribution is 5.93. The summed E-state index contributed by atoms with van der Waals surface area (Å²) in [7, 11) is 0. The zero-order valence-electron chi connectivity index (χ0n) is 18.1. The van der Waals surface area contributed by atoms with E-state index < -0.39 is 0 Å². The van der Waals surface area contributed by atoms with Crippen LogP contribution in [0.4, 0.5) is 5.82 Å². The lowest BCUT2D eigenvalue weighted by atomic mass is 9.86. The number of fused-ring (bicyclic) bond motifs is 1. The molecule has 1 saturated carbocycles. The Kier molecular flexibility index (Phi) is 5.93. The van der Waals surface area contributed by atoms with Gasteiger partial charge in [0.2, 0.25) is 5.91 Å². The normalized spacial score (nSPS) is 14.4. The molecule has 32 heavy (non-hydrogen) atoms. The van der Waals surface area contributed by atoms with Gasteiger partial charge in [-0.1, -0.05) is 92.1 Å². The van der Waals surface area contributed by atoms with E-state index in [1.54, 1.807) is 6.20 Å². The van der Waals surface area contributed by atoms with E-state index in [0.717, 1.165) is 40.7 Å². The average molecular weight is 422 g/mol. The lowest BCUT2D eigenvalue weighted by Crippen LogP contribution is -2.19. The van der Waals surface area contributed by atoms with Crippen molar-refractivity contribution in [2.45, 2.75) is 44.4 Å². The summed E-state index contributed by atoms with van der Waals surface area (Å²) >= 11 is 0. The molecule has 1 fully saturated rings. The molecule has 4 nitrogen and oxygen atoms in total. The van der Waals surface area contributed by atoms with E-state index >= 15 is 0 Å². The fourth-order valence-corrected chi connectivity index (χ4v) is 4.62. The molecule has 0 aliphatic heterocycles. The van der Waals surface area contributed by atoms with Crippen LogP contribution in [0.15, 0.2) is 79.0 Å². The molecule has 1 N–H and O–H groups in total. The summed E-state index contributed by atoms with van der Waals surface area (Å²) in [6.45, 7) is 0. The van der Waals surface area contributed by atoms with Gasteiger partial charge in [0.1, 0.15) is 0 Å². The predicted octanol–water partition coefficient (Wildman–Crippen LogP) is 6.53. The van der Waals surface area contributed by atoms with E-state index in [0.29, 0.717) is 18.2 Å². The second-order valence-electron chi connectivity index (χ2n) is 8.60. The second-order valence-corrected chi connectivity index (χ2v) is 8.60. The van der Waals surface area contributed by atoms with Gasteiger partial charge in [0, 0.05) is 11.5 Å². The van der Waals surface area contributed by atoms with Crippen molar-refractivity contribution in [3.05, 3.63) is 90.3 Å². The number of anilines is 1. The molecule has 4 heteroatoms. The Balaban J connectivity index is 1.40. The molecule has 160 valence electrons. The van der Waals surface area contributed by atoms with Crippen LogP contribution in [0.3, 0.4) is 0 Å². The number of carbonyl (C=O) groups excluding carboxylic acids is 1. The van der Waals surface area contributed by atoms with E-state index in [1.807, 2.05) is 48.5 Å². The third-order valence-corrected chi connectivity index (χ3v) is 6.30. The molecule has 0 atom stereocenters. The third kappa shape index (κ3) is 4.54. The van der Waals surface area contributed by atoms with Gasteiger partial charge in [0.05, 0.1) is 24.0 Å². The van der Waals surface area contributed by atoms with Gasteiger partial charge in [-0.2, -0.15) is 0 Å². The topological polar surface area (TPSA) is 54.9 Å². The van der Waals surface area contributed by atoms with Crippen LogP contribution in [0.5, 0.6) is 0 Å². The van der Waals surface area contributed by atoms with Crippen molar-refractivity contribution in [3.8, 4) is 11.3 Å². The minimum absolute atomic E-state index is 0.0564. The number of rotatable bonds is 5. The average Bonchev–Trinajstić information content (AvgIpc) is 2.85. The van der Waals surface area contributed by atoms with Crippen molar-refractivity contribution < 1.29 is 4.79 Å². The maximum absolute atomic E-state index is 12.9. The van der Waals surface area contributed by atoms with E-state index in [1.165, 1.54) is 24.6 Å². The van der Waals surface area contributed by atoms with Crippen LogP contribution >= 0.6 is 0 Å². The van der Waals surface area contributed by atoms with Gasteiger partial charge in [0.15, 0.2) is 5.82 Å². The lowest BCUT2D eigenvalue weighted by molar-refractivity contribution is -0.115. The molecular weight excluding hydrogens is 394 g/mol. The van der Waals surface area contributed by atoms with E-state index in [2.05, 4.69) is 34.6 Å². The van der Waals surface area contributed by atoms with Crippen LogP contribution in [0.1, 0.15) is 49.3 Å². The summed E-state index contributed by atoms with van der Waals surface area (Å²) in [5.74, 6) is 0.900. The van der Waals surface area contributed by atoms with Crippen LogP contribution < -0.4 is 5.32 Å². The van der Waals surface area contributed by atoms with Gasteiger partial charge in [0.25, 0.3) is 0 Å². The summed E-state index contributed by atoms with van der Waals surface area (Å²) in [5.41, 5.74) is 3.83. The van der Waals surface area contributed by atoms with Crippen LogP contribution in [0.25, 0.3) is 22.0 Å².